The van der Waals surface area contributed by atoms with Crippen LogP contribution in [0.15, 0.2) is 42.5 Å². The molecule has 0 aromatic heterocycles. The summed E-state index contributed by atoms with van der Waals surface area (Å²) in [6.07, 6.45) is 0. The normalized spacial score (nSPS) is 13.9. The van der Waals surface area contributed by atoms with Gasteiger partial charge in [-0.1, -0.05) is 35.4 Å². The number of halogens is 2. The molecule has 0 radical (unpaired) electrons. The van der Waals surface area contributed by atoms with Gasteiger partial charge in [0, 0.05) is 23.7 Å². The van der Waals surface area contributed by atoms with E-state index in [0.29, 0.717) is 34.7 Å². The molecule has 1 heterocycles. The molecule has 0 spiro atoms. The summed E-state index contributed by atoms with van der Waals surface area (Å²) in [5, 5.41) is 3.56. The second-order valence-corrected chi connectivity index (χ2v) is 7.12. The van der Waals surface area contributed by atoms with Crippen LogP contribution in [-0.2, 0) is 9.53 Å². The molecule has 0 atom stereocenters. The van der Waals surface area contributed by atoms with Crippen LogP contribution in [0.2, 0.25) is 10.0 Å². The zero-order valence-corrected chi connectivity index (χ0v) is 16.7. The third-order valence-corrected chi connectivity index (χ3v) is 5.02. The van der Waals surface area contributed by atoms with Crippen LogP contribution in [0.4, 0.5) is 5.69 Å². The Kier molecular flexibility index (Phi) is 6.90. The Labute approximate surface area is 173 Å². The highest BCUT2D eigenvalue weighted by Gasteiger charge is 2.15. The van der Waals surface area contributed by atoms with Gasteiger partial charge in [-0.3, -0.25) is 4.79 Å². The van der Waals surface area contributed by atoms with Crippen LogP contribution in [0.3, 0.4) is 0 Å². The number of morpholine rings is 1. The average molecular weight is 425 g/mol. The van der Waals surface area contributed by atoms with E-state index in [1.54, 1.807) is 30.3 Å². The third-order valence-electron chi connectivity index (χ3n) is 3.97. The number of rotatable bonds is 5. The number of ether oxygens (including phenoxy) is 2. The Morgan fingerprint density at radius 2 is 1.85 bits per heavy atom. The lowest BCUT2D eigenvalue weighted by atomic mass is 10.2. The number of anilines is 1. The summed E-state index contributed by atoms with van der Waals surface area (Å²) in [6.45, 7) is 2.84. The minimum Gasteiger partial charge on any atom is -0.484 e. The van der Waals surface area contributed by atoms with Crippen molar-refractivity contribution in [2.45, 2.75) is 0 Å². The topological polar surface area (TPSA) is 50.8 Å². The highest BCUT2D eigenvalue weighted by molar-refractivity contribution is 7.80. The monoisotopic (exact) mass is 424 g/mol. The van der Waals surface area contributed by atoms with Gasteiger partial charge in [0.05, 0.1) is 23.9 Å². The number of nitrogens with zero attached hydrogens (tertiary/aromatic N) is 1. The molecule has 3 rings (SSSR count). The Morgan fingerprint density at radius 3 is 2.52 bits per heavy atom. The Morgan fingerprint density at radius 1 is 1.15 bits per heavy atom. The van der Waals surface area contributed by atoms with Gasteiger partial charge in [0.25, 0.3) is 5.91 Å². The van der Waals surface area contributed by atoms with Crippen molar-refractivity contribution in [3.8, 4) is 5.75 Å². The van der Waals surface area contributed by atoms with E-state index in [-0.39, 0.29) is 12.5 Å². The van der Waals surface area contributed by atoms with Crippen molar-refractivity contribution >= 4 is 52.0 Å². The number of amides is 1. The van der Waals surface area contributed by atoms with Gasteiger partial charge in [0.2, 0.25) is 0 Å². The highest BCUT2D eigenvalue weighted by atomic mass is 35.5. The Balaban J connectivity index is 1.52. The molecule has 142 valence electrons. The predicted octanol–water partition coefficient (Wildman–Crippen LogP) is 4.02. The Hall–Kier alpha value is -1.86. The van der Waals surface area contributed by atoms with Gasteiger partial charge in [-0.25, -0.2) is 0 Å². The van der Waals surface area contributed by atoms with E-state index in [0.717, 1.165) is 23.6 Å². The first-order valence-corrected chi connectivity index (χ1v) is 9.54. The fourth-order valence-electron chi connectivity index (χ4n) is 2.57. The van der Waals surface area contributed by atoms with Gasteiger partial charge in [-0.15, -0.1) is 0 Å². The summed E-state index contributed by atoms with van der Waals surface area (Å²) in [7, 11) is 0. The second-order valence-electron chi connectivity index (χ2n) is 5.89. The largest absolute Gasteiger partial charge is 0.484 e. The lowest BCUT2D eigenvalue weighted by molar-refractivity contribution is -0.118. The quantitative estimate of drug-likeness (QED) is 0.734. The van der Waals surface area contributed by atoms with Crippen LogP contribution in [0.1, 0.15) is 5.56 Å². The van der Waals surface area contributed by atoms with Crippen LogP contribution in [0.5, 0.6) is 5.75 Å². The molecule has 1 fully saturated rings. The van der Waals surface area contributed by atoms with Crippen molar-refractivity contribution < 1.29 is 14.3 Å². The highest BCUT2D eigenvalue weighted by Crippen LogP contribution is 2.25. The molecular formula is C19H18Cl2N2O3S. The van der Waals surface area contributed by atoms with Crippen molar-refractivity contribution in [3.63, 3.8) is 0 Å². The maximum atomic E-state index is 12.0. The van der Waals surface area contributed by atoms with E-state index in [2.05, 4.69) is 10.2 Å². The molecule has 2 aromatic rings. The molecule has 0 bridgehead atoms. The van der Waals surface area contributed by atoms with E-state index < -0.39 is 0 Å². The molecule has 27 heavy (non-hydrogen) atoms. The fourth-order valence-corrected chi connectivity index (χ4v) is 3.34. The minimum atomic E-state index is -0.313. The summed E-state index contributed by atoms with van der Waals surface area (Å²) in [5.74, 6) is 0.271. The molecule has 1 N–H and O–H groups in total. The molecule has 2 aromatic carbocycles. The number of thiocarbonyl (C=S) groups is 1. The van der Waals surface area contributed by atoms with Gasteiger partial charge in [-0.05, 0) is 42.5 Å². The van der Waals surface area contributed by atoms with Crippen LogP contribution in [0.25, 0.3) is 0 Å². The average Bonchev–Trinajstić information content (AvgIpc) is 2.69. The van der Waals surface area contributed by atoms with Crippen molar-refractivity contribution in [3.05, 3.63) is 58.1 Å². The van der Waals surface area contributed by atoms with Gasteiger partial charge < -0.3 is 19.7 Å². The third kappa shape index (κ3) is 5.56. The second kappa shape index (κ2) is 9.37. The molecule has 1 aliphatic heterocycles. The zero-order chi connectivity index (χ0) is 19.2. The first kappa shape index (κ1) is 19.9. The maximum absolute atomic E-state index is 12.0. The molecule has 1 aliphatic rings. The van der Waals surface area contributed by atoms with E-state index in [9.17, 15) is 4.79 Å². The minimum absolute atomic E-state index is 0.133. The van der Waals surface area contributed by atoms with Crippen molar-refractivity contribution in [1.82, 2.24) is 4.90 Å². The van der Waals surface area contributed by atoms with E-state index in [4.69, 9.17) is 44.9 Å². The van der Waals surface area contributed by atoms with Crippen LogP contribution in [0, 0.1) is 0 Å². The van der Waals surface area contributed by atoms with Crippen LogP contribution >= 0.6 is 35.4 Å². The molecule has 1 saturated heterocycles. The predicted molar refractivity (Wildman–Crippen MR) is 111 cm³/mol. The molecule has 0 aliphatic carbocycles. The number of benzene rings is 2. The Bertz CT molecular complexity index is 824. The first-order valence-electron chi connectivity index (χ1n) is 8.38. The van der Waals surface area contributed by atoms with E-state index >= 15 is 0 Å². The molecule has 5 nitrogen and oxygen atoms in total. The lowest BCUT2D eigenvalue weighted by Crippen LogP contribution is -2.40. The number of carbonyl (C=O) groups excluding carboxylic acids is 1. The summed E-state index contributed by atoms with van der Waals surface area (Å²) < 4.78 is 10.9. The fraction of sp³-hybridized carbons (Fsp3) is 0.263. The van der Waals surface area contributed by atoms with Crippen molar-refractivity contribution in [1.29, 1.82) is 0 Å². The SMILES string of the molecule is O=C(COc1ccc(C(=S)N2CCOCC2)cc1)Nc1ccc(Cl)cc1Cl. The molecule has 8 heteroatoms. The lowest BCUT2D eigenvalue weighted by Gasteiger charge is -2.29. The van der Waals surface area contributed by atoms with E-state index in [1.807, 2.05) is 12.1 Å². The molecule has 1 amide bonds. The standard InChI is InChI=1S/C19H18Cl2N2O3S/c20-14-3-6-17(16(21)11-14)22-18(24)12-26-15-4-1-13(2-5-15)19(27)23-7-9-25-10-8-23/h1-6,11H,7-10,12H2,(H,22,24). The summed E-state index contributed by atoms with van der Waals surface area (Å²) >= 11 is 17.4. The van der Waals surface area contributed by atoms with Crippen LogP contribution < -0.4 is 10.1 Å². The summed E-state index contributed by atoms with van der Waals surface area (Å²) in [6, 6.07) is 12.2. The van der Waals surface area contributed by atoms with Gasteiger partial charge in [-0.2, -0.15) is 0 Å². The number of hydrogen-bond donors (Lipinski definition) is 1. The zero-order valence-electron chi connectivity index (χ0n) is 14.4. The first-order chi connectivity index (χ1) is 13.0. The van der Waals surface area contributed by atoms with Gasteiger partial charge >= 0.3 is 0 Å². The van der Waals surface area contributed by atoms with E-state index in [1.165, 1.54) is 0 Å². The molecular weight excluding hydrogens is 407 g/mol. The smallest absolute Gasteiger partial charge is 0.262 e. The number of hydrogen-bond acceptors (Lipinski definition) is 4. The van der Waals surface area contributed by atoms with Crippen molar-refractivity contribution in [2.24, 2.45) is 0 Å². The van der Waals surface area contributed by atoms with Gasteiger partial charge in [0.1, 0.15) is 10.7 Å². The van der Waals surface area contributed by atoms with Gasteiger partial charge in [0.15, 0.2) is 6.61 Å². The number of carbonyl (C=O) groups is 1. The molecule has 0 unspecified atom stereocenters. The summed E-state index contributed by atoms with van der Waals surface area (Å²) in [5.41, 5.74) is 1.43. The maximum Gasteiger partial charge on any atom is 0.262 e. The van der Waals surface area contributed by atoms with Crippen molar-refractivity contribution in [2.75, 3.05) is 38.2 Å². The van der Waals surface area contributed by atoms with Crippen LogP contribution in [-0.4, -0.2) is 48.7 Å². The molecule has 0 saturated carbocycles. The number of nitrogens with one attached hydrogen (secondary N) is 1. The summed E-state index contributed by atoms with van der Waals surface area (Å²) in [4.78, 5) is 15.0.